The summed E-state index contributed by atoms with van der Waals surface area (Å²) in [6, 6.07) is 2.80. The van der Waals surface area contributed by atoms with Crippen LogP contribution in [-0.2, 0) is 11.2 Å². The van der Waals surface area contributed by atoms with Gasteiger partial charge in [0.05, 0.1) is 0 Å². The maximum absolute atomic E-state index is 13.1. The molecule has 78 valence electrons. The maximum Gasteiger partial charge on any atom is 0.328 e. The molecule has 0 saturated carbocycles. The molecular formula is C11H8BrFO2. The Morgan fingerprint density at radius 1 is 1.47 bits per heavy atom. The zero-order chi connectivity index (χ0) is 11.0. The Labute approximate surface area is 94.5 Å². The average Bonchev–Trinajstić information content (AvgIpc) is 2.48. The molecule has 0 saturated heterocycles. The molecule has 1 aromatic rings. The summed E-state index contributed by atoms with van der Waals surface area (Å²) in [4.78, 5) is 10.6. The Balaban J connectivity index is 2.55. The first-order valence-corrected chi connectivity index (χ1v) is 5.29. The first-order chi connectivity index (χ1) is 7.08. The minimum Gasteiger partial charge on any atom is -0.478 e. The molecule has 4 heteroatoms. The highest BCUT2D eigenvalue weighted by Crippen LogP contribution is 2.37. The van der Waals surface area contributed by atoms with Gasteiger partial charge in [0.25, 0.3) is 0 Å². The fourth-order valence-electron chi connectivity index (χ4n) is 1.84. The van der Waals surface area contributed by atoms with Gasteiger partial charge >= 0.3 is 5.97 Å². The molecule has 0 aromatic heterocycles. The topological polar surface area (TPSA) is 37.3 Å². The summed E-state index contributed by atoms with van der Waals surface area (Å²) in [7, 11) is 0. The number of hydrogen-bond acceptors (Lipinski definition) is 1. The lowest BCUT2D eigenvalue weighted by Gasteiger charge is -2.03. The number of carboxylic acid groups (broad SMARTS) is 1. The molecule has 0 amide bonds. The Hall–Kier alpha value is -1.16. The predicted molar refractivity (Wildman–Crippen MR) is 58.0 cm³/mol. The summed E-state index contributed by atoms with van der Waals surface area (Å²) in [6.45, 7) is 0. The van der Waals surface area contributed by atoms with Gasteiger partial charge in [-0.2, -0.15) is 0 Å². The van der Waals surface area contributed by atoms with E-state index in [0.29, 0.717) is 22.0 Å². The molecule has 1 N–H and O–H groups in total. The number of carboxylic acids is 1. The van der Waals surface area contributed by atoms with Gasteiger partial charge in [0.15, 0.2) is 0 Å². The molecule has 15 heavy (non-hydrogen) atoms. The Bertz CT molecular complexity index is 466. The second-order valence-corrected chi connectivity index (χ2v) is 4.28. The first-order valence-electron chi connectivity index (χ1n) is 4.49. The van der Waals surface area contributed by atoms with Crippen molar-refractivity contribution >= 4 is 27.5 Å². The van der Waals surface area contributed by atoms with Gasteiger partial charge in [-0.05, 0) is 41.7 Å². The van der Waals surface area contributed by atoms with Crippen molar-refractivity contribution < 1.29 is 14.3 Å². The Kier molecular flexibility index (Phi) is 2.61. The monoisotopic (exact) mass is 270 g/mol. The van der Waals surface area contributed by atoms with Crippen molar-refractivity contribution in [3.05, 3.63) is 39.6 Å². The van der Waals surface area contributed by atoms with E-state index in [-0.39, 0.29) is 5.82 Å². The molecule has 0 heterocycles. The highest BCUT2D eigenvalue weighted by atomic mass is 79.9. The molecule has 0 unspecified atom stereocenters. The molecule has 0 atom stereocenters. The number of halogens is 2. The Morgan fingerprint density at radius 2 is 2.20 bits per heavy atom. The minimum absolute atomic E-state index is 0.348. The lowest BCUT2D eigenvalue weighted by atomic mass is 10.1. The average molecular weight is 271 g/mol. The lowest BCUT2D eigenvalue weighted by Crippen LogP contribution is -1.91. The zero-order valence-corrected chi connectivity index (χ0v) is 9.34. The fourth-order valence-corrected chi connectivity index (χ4v) is 2.47. The predicted octanol–water partition coefficient (Wildman–Crippen LogP) is 3.00. The van der Waals surface area contributed by atoms with E-state index >= 15 is 0 Å². The largest absolute Gasteiger partial charge is 0.478 e. The van der Waals surface area contributed by atoms with E-state index in [1.54, 1.807) is 0 Å². The van der Waals surface area contributed by atoms with Gasteiger partial charge < -0.3 is 5.11 Å². The highest BCUT2D eigenvalue weighted by Gasteiger charge is 2.20. The summed E-state index contributed by atoms with van der Waals surface area (Å²) in [6.07, 6.45) is 2.57. The van der Waals surface area contributed by atoms with Crippen LogP contribution in [0.1, 0.15) is 17.5 Å². The number of carbonyl (C=O) groups is 1. The first kappa shape index (κ1) is 10.4. The molecule has 0 fully saturated rings. The summed E-state index contributed by atoms with van der Waals surface area (Å²) in [5.41, 5.74) is 2.39. The number of rotatable bonds is 1. The van der Waals surface area contributed by atoms with Crippen LogP contribution in [0.2, 0.25) is 0 Å². The Morgan fingerprint density at radius 3 is 2.87 bits per heavy atom. The van der Waals surface area contributed by atoms with Crippen LogP contribution in [0.4, 0.5) is 4.39 Å². The molecule has 0 bridgehead atoms. The molecular weight excluding hydrogens is 263 g/mol. The molecule has 1 aliphatic carbocycles. The van der Waals surface area contributed by atoms with Crippen molar-refractivity contribution in [1.29, 1.82) is 0 Å². The number of aliphatic carboxylic acids is 1. The van der Waals surface area contributed by atoms with E-state index in [0.717, 1.165) is 18.1 Å². The molecule has 2 nitrogen and oxygen atoms in total. The van der Waals surface area contributed by atoms with Crippen LogP contribution in [0.5, 0.6) is 0 Å². The molecule has 1 aromatic carbocycles. The van der Waals surface area contributed by atoms with Gasteiger partial charge in [-0.25, -0.2) is 9.18 Å². The van der Waals surface area contributed by atoms with Crippen LogP contribution in [0.15, 0.2) is 22.7 Å². The molecule has 1 aliphatic rings. The molecule has 0 aliphatic heterocycles. The summed E-state index contributed by atoms with van der Waals surface area (Å²) >= 11 is 3.28. The lowest BCUT2D eigenvalue weighted by molar-refractivity contribution is -0.131. The smallest absolute Gasteiger partial charge is 0.328 e. The van der Waals surface area contributed by atoms with Crippen molar-refractivity contribution in [2.75, 3.05) is 0 Å². The van der Waals surface area contributed by atoms with Gasteiger partial charge in [0.2, 0.25) is 0 Å². The van der Waals surface area contributed by atoms with Crippen LogP contribution in [-0.4, -0.2) is 11.1 Å². The van der Waals surface area contributed by atoms with E-state index in [1.807, 2.05) is 0 Å². The van der Waals surface area contributed by atoms with E-state index in [1.165, 1.54) is 12.1 Å². The third-order valence-corrected chi connectivity index (χ3v) is 3.16. The standard InChI is InChI=1S/C11H8BrFO2/c12-10-5-7(13)4-9-6(3-11(14)15)1-2-8(9)10/h3-5H,1-2H2,(H,14,15). The van der Waals surface area contributed by atoms with Crippen molar-refractivity contribution in [3.8, 4) is 0 Å². The highest BCUT2D eigenvalue weighted by molar-refractivity contribution is 9.10. The van der Waals surface area contributed by atoms with E-state index in [4.69, 9.17) is 5.11 Å². The second-order valence-electron chi connectivity index (χ2n) is 3.42. The third kappa shape index (κ3) is 1.95. The van der Waals surface area contributed by atoms with Crippen molar-refractivity contribution in [1.82, 2.24) is 0 Å². The SMILES string of the molecule is O=C(O)C=C1CCc2c(Br)cc(F)cc21. The third-order valence-electron chi connectivity index (χ3n) is 2.45. The number of allylic oxidation sites excluding steroid dienone is 1. The van der Waals surface area contributed by atoms with Crippen molar-refractivity contribution in [2.45, 2.75) is 12.8 Å². The molecule has 2 rings (SSSR count). The van der Waals surface area contributed by atoms with Gasteiger partial charge in [0.1, 0.15) is 5.82 Å². The van der Waals surface area contributed by atoms with Crippen LogP contribution < -0.4 is 0 Å². The van der Waals surface area contributed by atoms with E-state index < -0.39 is 5.97 Å². The van der Waals surface area contributed by atoms with Crippen LogP contribution in [0.3, 0.4) is 0 Å². The summed E-state index contributed by atoms with van der Waals surface area (Å²) in [5.74, 6) is -1.34. The van der Waals surface area contributed by atoms with Crippen LogP contribution in [0, 0.1) is 5.82 Å². The summed E-state index contributed by atoms with van der Waals surface area (Å²) in [5, 5.41) is 8.66. The fraction of sp³-hybridized carbons (Fsp3) is 0.182. The number of fused-ring (bicyclic) bond motifs is 1. The van der Waals surface area contributed by atoms with Gasteiger partial charge in [-0.1, -0.05) is 15.9 Å². The normalized spacial score (nSPS) is 16.8. The second kappa shape index (κ2) is 3.77. The van der Waals surface area contributed by atoms with Gasteiger partial charge in [-0.3, -0.25) is 0 Å². The maximum atomic E-state index is 13.1. The molecule has 0 spiro atoms. The van der Waals surface area contributed by atoms with Crippen molar-refractivity contribution in [2.24, 2.45) is 0 Å². The zero-order valence-electron chi connectivity index (χ0n) is 7.76. The number of hydrogen-bond donors (Lipinski definition) is 1. The molecule has 0 radical (unpaired) electrons. The summed E-state index contributed by atoms with van der Waals surface area (Å²) < 4.78 is 13.8. The van der Waals surface area contributed by atoms with E-state index in [9.17, 15) is 9.18 Å². The van der Waals surface area contributed by atoms with E-state index in [2.05, 4.69) is 15.9 Å². The van der Waals surface area contributed by atoms with Crippen LogP contribution in [0.25, 0.3) is 5.57 Å². The number of benzene rings is 1. The van der Waals surface area contributed by atoms with Gasteiger partial charge in [0, 0.05) is 10.5 Å². The minimum atomic E-state index is -0.988. The van der Waals surface area contributed by atoms with Crippen molar-refractivity contribution in [3.63, 3.8) is 0 Å². The quantitative estimate of drug-likeness (QED) is 0.797. The van der Waals surface area contributed by atoms with Crippen LogP contribution >= 0.6 is 15.9 Å². The van der Waals surface area contributed by atoms with Gasteiger partial charge in [-0.15, -0.1) is 0 Å².